The van der Waals surface area contributed by atoms with Crippen molar-refractivity contribution in [2.45, 2.75) is 51.7 Å². The molecule has 0 unspecified atom stereocenters. The van der Waals surface area contributed by atoms with Crippen LogP contribution in [0.4, 0.5) is 4.39 Å². The third kappa shape index (κ3) is 4.78. The van der Waals surface area contributed by atoms with Gasteiger partial charge in [0.25, 0.3) is 5.91 Å². The number of aromatic nitrogens is 1. The molecule has 132 valence electrons. The van der Waals surface area contributed by atoms with Crippen LogP contribution in [-0.2, 0) is 6.61 Å². The Morgan fingerprint density at radius 3 is 2.76 bits per heavy atom. The van der Waals surface area contributed by atoms with Crippen LogP contribution in [-0.4, -0.2) is 16.9 Å². The first-order chi connectivity index (χ1) is 12.1. The summed E-state index contributed by atoms with van der Waals surface area (Å²) in [4.78, 5) is 16.8. The van der Waals surface area contributed by atoms with Crippen molar-refractivity contribution in [3.05, 3.63) is 59.0 Å². The van der Waals surface area contributed by atoms with E-state index in [0.29, 0.717) is 17.1 Å². The highest BCUT2D eigenvalue weighted by Gasteiger charge is 2.18. The zero-order valence-electron chi connectivity index (χ0n) is 14.4. The van der Waals surface area contributed by atoms with Crippen LogP contribution in [0, 0.1) is 12.7 Å². The van der Waals surface area contributed by atoms with E-state index in [1.54, 1.807) is 31.2 Å². The molecule has 1 amide bonds. The second-order valence-electron chi connectivity index (χ2n) is 6.51. The Labute approximate surface area is 147 Å². The Morgan fingerprint density at radius 2 is 2.04 bits per heavy atom. The van der Waals surface area contributed by atoms with Crippen molar-refractivity contribution < 1.29 is 13.9 Å². The highest BCUT2D eigenvalue weighted by molar-refractivity contribution is 5.95. The van der Waals surface area contributed by atoms with E-state index in [9.17, 15) is 9.18 Å². The Kier molecular flexibility index (Phi) is 5.64. The number of benzene rings is 1. The number of aryl methyl sites for hydroxylation is 1. The fourth-order valence-electron chi connectivity index (χ4n) is 3.15. The molecule has 1 saturated carbocycles. The number of hydrogen-bond acceptors (Lipinski definition) is 3. The molecule has 1 aromatic carbocycles. The van der Waals surface area contributed by atoms with Gasteiger partial charge in [-0.3, -0.25) is 4.79 Å². The lowest BCUT2D eigenvalue weighted by Crippen LogP contribution is -2.36. The molecule has 3 rings (SSSR count). The smallest absolute Gasteiger partial charge is 0.253 e. The second kappa shape index (κ2) is 8.10. The predicted molar refractivity (Wildman–Crippen MR) is 94.0 cm³/mol. The number of carbonyl (C=O) groups excluding carboxylic acids is 1. The van der Waals surface area contributed by atoms with E-state index in [0.717, 1.165) is 18.4 Å². The first-order valence-electron chi connectivity index (χ1n) is 8.77. The van der Waals surface area contributed by atoms with E-state index < -0.39 is 0 Å². The van der Waals surface area contributed by atoms with Crippen LogP contribution < -0.4 is 10.1 Å². The number of rotatable bonds is 5. The van der Waals surface area contributed by atoms with Gasteiger partial charge >= 0.3 is 0 Å². The highest BCUT2D eigenvalue weighted by atomic mass is 19.1. The molecule has 5 heteroatoms. The van der Waals surface area contributed by atoms with Crippen LogP contribution in [0.25, 0.3) is 0 Å². The SMILES string of the molecule is Cc1nc(OCc2cccc(F)c2)ccc1C(=O)NC1CCCCC1. The lowest BCUT2D eigenvalue weighted by atomic mass is 9.95. The molecule has 0 saturated heterocycles. The Morgan fingerprint density at radius 1 is 1.24 bits per heavy atom. The van der Waals surface area contributed by atoms with Gasteiger partial charge in [0.2, 0.25) is 5.88 Å². The molecule has 0 aliphatic heterocycles. The summed E-state index contributed by atoms with van der Waals surface area (Å²) in [6, 6.07) is 9.95. The second-order valence-corrected chi connectivity index (χ2v) is 6.51. The summed E-state index contributed by atoms with van der Waals surface area (Å²) in [5, 5.41) is 3.10. The number of hydrogen-bond donors (Lipinski definition) is 1. The monoisotopic (exact) mass is 342 g/mol. The van der Waals surface area contributed by atoms with Crippen molar-refractivity contribution in [3.8, 4) is 5.88 Å². The van der Waals surface area contributed by atoms with Crippen molar-refractivity contribution >= 4 is 5.91 Å². The maximum absolute atomic E-state index is 13.2. The molecule has 4 nitrogen and oxygen atoms in total. The number of ether oxygens (including phenoxy) is 1. The number of nitrogens with one attached hydrogen (secondary N) is 1. The quantitative estimate of drug-likeness (QED) is 0.887. The van der Waals surface area contributed by atoms with Gasteiger partial charge in [0.15, 0.2) is 0 Å². The Balaban J connectivity index is 1.60. The summed E-state index contributed by atoms with van der Waals surface area (Å²) in [6.45, 7) is 2.03. The van der Waals surface area contributed by atoms with Gasteiger partial charge in [0.1, 0.15) is 12.4 Å². The van der Waals surface area contributed by atoms with Gasteiger partial charge in [-0.1, -0.05) is 31.4 Å². The standard InChI is InChI=1S/C20H23FN2O2/c1-14-18(20(24)23-17-8-3-2-4-9-17)10-11-19(22-14)25-13-15-6-5-7-16(21)12-15/h5-7,10-12,17H,2-4,8-9,13H2,1H3,(H,23,24). The summed E-state index contributed by atoms with van der Waals surface area (Å²) in [7, 11) is 0. The zero-order valence-corrected chi connectivity index (χ0v) is 14.4. The summed E-state index contributed by atoms with van der Waals surface area (Å²) < 4.78 is 18.8. The van der Waals surface area contributed by atoms with Crippen LogP contribution in [0.3, 0.4) is 0 Å². The summed E-state index contributed by atoms with van der Waals surface area (Å²) >= 11 is 0. The molecule has 1 heterocycles. The molecule has 25 heavy (non-hydrogen) atoms. The van der Waals surface area contributed by atoms with Crippen LogP contribution in [0.1, 0.15) is 53.7 Å². The van der Waals surface area contributed by atoms with E-state index in [1.165, 1.54) is 31.4 Å². The molecule has 1 aliphatic rings. The molecule has 0 atom stereocenters. The molecule has 1 N–H and O–H groups in total. The van der Waals surface area contributed by atoms with Gasteiger partial charge in [0, 0.05) is 12.1 Å². The van der Waals surface area contributed by atoms with E-state index in [-0.39, 0.29) is 24.4 Å². The lowest BCUT2D eigenvalue weighted by molar-refractivity contribution is 0.0926. The zero-order chi connectivity index (χ0) is 17.6. The molecule has 2 aromatic rings. The van der Waals surface area contributed by atoms with Gasteiger partial charge < -0.3 is 10.1 Å². The van der Waals surface area contributed by atoms with Gasteiger partial charge in [0.05, 0.1) is 11.3 Å². The summed E-state index contributed by atoms with van der Waals surface area (Å²) in [6.07, 6.45) is 5.70. The molecule has 1 aromatic heterocycles. The minimum absolute atomic E-state index is 0.0754. The Hall–Kier alpha value is -2.43. The number of halogens is 1. The van der Waals surface area contributed by atoms with Crippen molar-refractivity contribution in [2.24, 2.45) is 0 Å². The van der Waals surface area contributed by atoms with Gasteiger partial charge in [-0.15, -0.1) is 0 Å². The Bertz CT molecular complexity index is 742. The van der Waals surface area contributed by atoms with Crippen molar-refractivity contribution in [1.29, 1.82) is 0 Å². The fraction of sp³-hybridized carbons (Fsp3) is 0.400. The molecule has 1 fully saturated rings. The lowest BCUT2D eigenvalue weighted by Gasteiger charge is -2.23. The normalized spacial score (nSPS) is 15.0. The van der Waals surface area contributed by atoms with Crippen molar-refractivity contribution in [2.75, 3.05) is 0 Å². The fourth-order valence-corrected chi connectivity index (χ4v) is 3.15. The summed E-state index contributed by atoms with van der Waals surface area (Å²) in [5.41, 5.74) is 1.94. The molecule has 0 radical (unpaired) electrons. The first kappa shape index (κ1) is 17.4. The number of pyridine rings is 1. The third-order valence-electron chi connectivity index (χ3n) is 4.52. The topological polar surface area (TPSA) is 51.2 Å². The number of nitrogens with zero attached hydrogens (tertiary/aromatic N) is 1. The van der Waals surface area contributed by atoms with Gasteiger partial charge in [-0.25, -0.2) is 9.37 Å². The minimum atomic E-state index is -0.292. The summed E-state index contributed by atoms with van der Waals surface area (Å²) in [5.74, 6) is 0.0597. The molecule has 1 aliphatic carbocycles. The van der Waals surface area contributed by atoms with E-state index in [2.05, 4.69) is 10.3 Å². The van der Waals surface area contributed by atoms with E-state index in [1.807, 2.05) is 0 Å². The molecular weight excluding hydrogens is 319 g/mol. The third-order valence-corrected chi connectivity index (χ3v) is 4.52. The van der Waals surface area contributed by atoms with Gasteiger partial charge in [-0.05, 0) is 43.5 Å². The van der Waals surface area contributed by atoms with Gasteiger partial charge in [-0.2, -0.15) is 0 Å². The van der Waals surface area contributed by atoms with Crippen LogP contribution in [0.5, 0.6) is 5.88 Å². The van der Waals surface area contributed by atoms with Crippen LogP contribution in [0.2, 0.25) is 0 Å². The van der Waals surface area contributed by atoms with E-state index >= 15 is 0 Å². The maximum atomic E-state index is 13.2. The van der Waals surface area contributed by atoms with Crippen LogP contribution in [0.15, 0.2) is 36.4 Å². The van der Waals surface area contributed by atoms with Crippen molar-refractivity contribution in [3.63, 3.8) is 0 Å². The molecular formula is C20H23FN2O2. The minimum Gasteiger partial charge on any atom is -0.473 e. The van der Waals surface area contributed by atoms with Crippen LogP contribution >= 0.6 is 0 Å². The average molecular weight is 342 g/mol. The predicted octanol–water partition coefficient (Wildman–Crippen LogP) is 4.17. The highest BCUT2D eigenvalue weighted by Crippen LogP contribution is 2.19. The van der Waals surface area contributed by atoms with Crippen molar-refractivity contribution in [1.82, 2.24) is 10.3 Å². The number of amides is 1. The average Bonchev–Trinajstić information content (AvgIpc) is 2.61. The molecule has 0 bridgehead atoms. The van der Waals surface area contributed by atoms with E-state index in [4.69, 9.17) is 4.74 Å². The maximum Gasteiger partial charge on any atom is 0.253 e. The first-order valence-corrected chi connectivity index (χ1v) is 8.77. The largest absolute Gasteiger partial charge is 0.473 e. The molecule has 0 spiro atoms. The number of carbonyl (C=O) groups is 1.